The molecule has 0 unspecified atom stereocenters. The molecule has 0 saturated carbocycles. The summed E-state index contributed by atoms with van der Waals surface area (Å²) < 4.78 is 4.07. The predicted octanol–water partition coefficient (Wildman–Crippen LogP) is 1.25. The van der Waals surface area contributed by atoms with Gasteiger partial charge >= 0.3 is 0 Å². The molecule has 0 saturated heterocycles. The standard InChI is InChI=1S/C11H11N3/c1-8-7-9(2)14-12-10-5-3-4-6-11(10)13(8)14/h3-7H,1-2H3. The van der Waals surface area contributed by atoms with Crippen LogP contribution in [0.15, 0.2) is 30.3 Å². The van der Waals surface area contributed by atoms with E-state index in [1.165, 1.54) is 11.4 Å². The van der Waals surface area contributed by atoms with Crippen LogP contribution in [-0.4, -0.2) is 4.63 Å². The fourth-order valence-electron chi connectivity index (χ4n) is 1.97. The van der Waals surface area contributed by atoms with Gasteiger partial charge in [0.1, 0.15) is 5.52 Å². The number of hydrogen-bond donors (Lipinski definition) is 0. The predicted molar refractivity (Wildman–Crippen MR) is 53.4 cm³/mol. The number of aromatic nitrogens is 3. The number of benzene rings is 1. The molecule has 0 radical (unpaired) electrons. The minimum Gasteiger partial charge on any atom is -0.236 e. The van der Waals surface area contributed by atoms with Gasteiger partial charge in [0.05, 0.1) is 11.2 Å². The second kappa shape index (κ2) is 2.38. The monoisotopic (exact) mass is 185 g/mol. The SMILES string of the molecule is Cc1cc(C)[n+]2c3ccccc3[n-]n12. The third-order valence-corrected chi connectivity index (χ3v) is 2.57. The van der Waals surface area contributed by atoms with E-state index in [-0.39, 0.29) is 0 Å². The molecule has 0 aliphatic rings. The molecule has 0 aliphatic carbocycles. The number of fused-ring (bicyclic) bond motifs is 3. The number of nitrogens with zero attached hydrogens (tertiary/aromatic N) is 3. The van der Waals surface area contributed by atoms with E-state index in [1.807, 2.05) is 22.8 Å². The van der Waals surface area contributed by atoms with E-state index in [0.29, 0.717) is 0 Å². The first kappa shape index (κ1) is 7.62. The Morgan fingerprint density at radius 1 is 1.21 bits per heavy atom. The molecule has 0 amide bonds. The van der Waals surface area contributed by atoms with Gasteiger partial charge in [-0.25, -0.2) is 4.52 Å². The molecule has 2 aromatic heterocycles. The molecule has 3 aromatic rings. The van der Waals surface area contributed by atoms with Gasteiger partial charge in [-0.1, -0.05) is 12.1 Å². The second-order valence-electron chi connectivity index (χ2n) is 3.62. The van der Waals surface area contributed by atoms with Crippen LogP contribution in [0.3, 0.4) is 0 Å². The lowest BCUT2D eigenvalue weighted by Crippen LogP contribution is -2.29. The van der Waals surface area contributed by atoms with Crippen LogP contribution in [0.2, 0.25) is 0 Å². The lowest BCUT2D eigenvalue weighted by atomic mass is 10.3. The van der Waals surface area contributed by atoms with Crippen molar-refractivity contribution in [2.45, 2.75) is 13.8 Å². The fraction of sp³-hybridized carbons (Fsp3) is 0.182. The van der Waals surface area contributed by atoms with E-state index in [2.05, 4.69) is 35.6 Å². The molecule has 0 aliphatic heterocycles. The molecule has 3 heteroatoms. The molecule has 14 heavy (non-hydrogen) atoms. The summed E-state index contributed by atoms with van der Waals surface area (Å²) in [5.74, 6) is 0. The highest BCUT2D eigenvalue weighted by molar-refractivity contribution is 5.69. The lowest BCUT2D eigenvalue weighted by Gasteiger charge is -1.92. The topological polar surface area (TPSA) is 22.6 Å². The third kappa shape index (κ3) is 0.789. The van der Waals surface area contributed by atoms with Gasteiger partial charge in [0.15, 0.2) is 0 Å². The van der Waals surface area contributed by atoms with Crippen molar-refractivity contribution in [1.82, 2.24) is 9.73 Å². The van der Waals surface area contributed by atoms with Crippen molar-refractivity contribution in [2.75, 3.05) is 0 Å². The number of aryl methyl sites for hydroxylation is 2. The Kier molecular flexibility index (Phi) is 1.29. The Balaban J connectivity index is 2.65. The van der Waals surface area contributed by atoms with Crippen molar-refractivity contribution in [3.63, 3.8) is 0 Å². The summed E-state index contributed by atoms with van der Waals surface area (Å²) in [7, 11) is 0. The van der Waals surface area contributed by atoms with E-state index in [1.54, 1.807) is 0 Å². The summed E-state index contributed by atoms with van der Waals surface area (Å²) in [4.78, 5) is 0. The van der Waals surface area contributed by atoms with Gasteiger partial charge in [-0.15, -0.1) is 5.10 Å². The van der Waals surface area contributed by atoms with Gasteiger partial charge in [0.25, 0.3) is 0 Å². The maximum absolute atomic E-state index is 4.52. The molecule has 0 bridgehead atoms. The highest BCUT2D eigenvalue weighted by atomic mass is 15.5. The normalized spacial score (nSPS) is 11.6. The molecule has 1 aromatic carbocycles. The Hall–Kier alpha value is -1.77. The van der Waals surface area contributed by atoms with E-state index >= 15 is 0 Å². The van der Waals surface area contributed by atoms with E-state index < -0.39 is 0 Å². The summed E-state index contributed by atoms with van der Waals surface area (Å²) in [5.41, 5.74) is 4.59. The zero-order valence-electron chi connectivity index (χ0n) is 8.23. The highest BCUT2D eigenvalue weighted by Crippen LogP contribution is 2.08. The molecular weight excluding hydrogens is 174 g/mol. The maximum Gasteiger partial charge on any atom is 0.111 e. The van der Waals surface area contributed by atoms with Crippen molar-refractivity contribution >= 4 is 11.0 Å². The first-order chi connectivity index (χ1) is 6.77. The largest absolute Gasteiger partial charge is 0.236 e. The number of rotatable bonds is 0. The third-order valence-electron chi connectivity index (χ3n) is 2.57. The van der Waals surface area contributed by atoms with E-state index in [0.717, 1.165) is 11.0 Å². The van der Waals surface area contributed by atoms with Crippen molar-refractivity contribution in [3.8, 4) is 0 Å². The molecule has 3 rings (SSSR count). The van der Waals surface area contributed by atoms with E-state index in [9.17, 15) is 0 Å². The van der Waals surface area contributed by atoms with Crippen LogP contribution in [0.1, 0.15) is 11.4 Å². The van der Waals surface area contributed by atoms with Gasteiger partial charge in [-0.3, -0.25) is 0 Å². The Labute approximate surface area is 81.6 Å². The van der Waals surface area contributed by atoms with Crippen LogP contribution in [0.25, 0.3) is 11.0 Å². The zero-order valence-corrected chi connectivity index (χ0v) is 8.23. The van der Waals surface area contributed by atoms with Crippen molar-refractivity contribution < 1.29 is 4.52 Å². The summed E-state index contributed by atoms with van der Waals surface area (Å²) in [5, 5.41) is 4.52. The quantitative estimate of drug-likeness (QED) is 0.483. The number of para-hydroxylation sites is 1. The van der Waals surface area contributed by atoms with Crippen molar-refractivity contribution in [3.05, 3.63) is 41.7 Å². The summed E-state index contributed by atoms with van der Waals surface area (Å²) in [6.07, 6.45) is 0. The highest BCUT2D eigenvalue weighted by Gasteiger charge is 2.07. The van der Waals surface area contributed by atoms with Crippen LogP contribution in [0.5, 0.6) is 0 Å². The van der Waals surface area contributed by atoms with Crippen LogP contribution in [0, 0.1) is 13.8 Å². The molecule has 0 spiro atoms. The molecule has 3 nitrogen and oxygen atoms in total. The van der Waals surface area contributed by atoms with Crippen molar-refractivity contribution in [1.29, 1.82) is 0 Å². The minimum absolute atomic E-state index is 1.04. The second-order valence-corrected chi connectivity index (χ2v) is 3.62. The summed E-state index contributed by atoms with van der Waals surface area (Å²) in [6, 6.07) is 10.3. The zero-order chi connectivity index (χ0) is 9.71. The molecule has 2 heterocycles. The summed E-state index contributed by atoms with van der Waals surface area (Å²) >= 11 is 0. The molecule has 0 fully saturated rings. The van der Waals surface area contributed by atoms with Gasteiger partial charge in [0, 0.05) is 5.69 Å². The van der Waals surface area contributed by atoms with Crippen LogP contribution < -0.4 is 9.61 Å². The van der Waals surface area contributed by atoms with Gasteiger partial charge in [0.2, 0.25) is 0 Å². The smallest absolute Gasteiger partial charge is 0.111 e. The maximum atomic E-state index is 4.52. The van der Waals surface area contributed by atoms with Crippen LogP contribution in [0.4, 0.5) is 0 Å². The Morgan fingerprint density at radius 3 is 2.86 bits per heavy atom. The average molecular weight is 185 g/mol. The van der Waals surface area contributed by atoms with Gasteiger partial charge in [-0.2, -0.15) is 4.63 Å². The minimum atomic E-state index is 1.04. The molecular formula is C11H11N3. The first-order valence-corrected chi connectivity index (χ1v) is 4.70. The molecule has 0 N–H and O–H groups in total. The molecule has 70 valence electrons. The van der Waals surface area contributed by atoms with E-state index in [4.69, 9.17) is 0 Å². The Morgan fingerprint density at radius 2 is 2.00 bits per heavy atom. The molecule has 0 atom stereocenters. The van der Waals surface area contributed by atoms with Crippen molar-refractivity contribution in [2.24, 2.45) is 0 Å². The number of hydrogen-bond acceptors (Lipinski definition) is 0. The van der Waals surface area contributed by atoms with Crippen LogP contribution in [-0.2, 0) is 0 Å². The lowest BCUT2D eigenvalue weighted by molar-refractivity contribution is -0.600. The fourth-order valence-corrected chi connectivity index (χ4v) is 1.97. The van der Waals surface area contributed by atoms with Crippen LogP contribution >= 0.6 is 0 Å². The van der Waals surface area contributed by atoms with Gasteiger partial charge in [-0.05, 0) is 32.0 Å². The summed E-state index contributed by atoms with van der Waals surface area (Å²) in [6.45, 7) is 4.17. The Bertz CT molecular complexity index is 616. The van der Waals surface area contributed by atoms with Gasteiger partial charge < -0.3 is 0 Å². The first-order valence-electron chi connectivity index (χ1n) is 4.70. The average Bonchev–Trinajstić information content (AvgIpc) is 2.66.